The molecule has 198 valence electrons. The van der Waals surface area contributed by atoms with Crippen molar-refractivity contribution in [1.29, 1.82) is 0 Å². The molecule has 1 unspecified atom stereocenters. The highest BCUT2D eigenvalue weighted by molar-refractivity contribution is 5.95. The number of nitrogens with zero attached hydrogens (tertiary/aromatic N) is 3. The number of hydrogen-bond donors (Lipinski definition) is 0. The summed E-state index contributed by atoms with van der Waals surface area (Å²) in [5.74, 6) is -0.591. The van der Waals surface area contributed by atoms with Gasteiger partial charge in [-0.3, -0.25) is 9.69 Å². The van der Waals surface area contributed by atoms with Crippen LogP contribution in [0, 0.1) is 11.3 Å². The lowest BCUT2D eigenvalue weighted by atomic mass is 9.71. The molecule has 2 atom stereocenters. The van der Waals surface area contributed by atoms with Gasteiger partial charge in [-0.05, 0) is 45.6 Å². The number of carbonyl (C=O) groups is 3. The van der Waals surface area contributed by atoms with Crippen LogP contribution >= 0.6 is 0 Å². The first-order chi connectivity index (χ1) is 17.6. The Labute approximate surface area is 218 Å². The zero-order valence-electron chi connectivity index (χ0n) is 22.0. The standard InChI is InChI=1S/C29H37N3O5/c1-28(2,3)37-26(34)31-19-29(20-31)18-30(15-22-12-8-5-9-13-22)16-24(29)25(33)32-23(17-36-27(32)35)14-21-10-6-4-7-11-21/h5-6,8-13,23-24H,4,7,14-20H2,1-3H3/t23-,24?/m0/s1. The van der Waals surface area contributed by atoms with E-state index in [9.17, 15) is 14.4 Å². The van der Waals surface area contributed by atoms with Crippen LogP contribution < -0.4 is 0 Å². The van der Waals surface area contributed by atoms with Crippen molar-refractivity contribution in [2.75, 3.05) is 32.8 Å². The van der Waals surface area contributed by atoms with Crippen LogP contribution in [0.4, 0.5) is 9.59 Å². The quantitative estimate of drug-likeness (QED) is 0.589. The number of cyclic esters (lactones) is 1. The largest absolute Gasteiger partial charge is 0.447 e. The lowest BCUT2D eigenvalue weighted by Crippen LogP contribution is -2.65. The van der Waals surface area contributed by atoms with Crippen molar-refractivity contribution in [2.24, 2.45) is 11.3 Å². The molecule has 1 spiro atoms. The zero-order chi connectivity index (χ0) is 26.2. The Balaban J connectivity index is 1.34. The molecular weight excluding hydrogens is 470 g/mol. The summed E-state index contributed by atoms with van der Waals surface area (Å²) in [6, 6.07) is 9.86. The Hall–Kier alpha value is -3.13. The number of imide groups is 1. The molecule has 3 heterocycles. The molecule has 3 aliphatic heterocycles. The van der Waals surface area contributed by atoms with Gasteiger partial charge in [0, 0.05) is 38.1 Å². The highest BCUT2D eigenvalue weighted by Crippen LogP contribution is 2.46. The molecule has 3 saturated heterocycles. The molecule has 1 aliphatic carbocycles. The average Bonchev–Trinajstić information content (AvgIpc) is 3.38. The number of carbonyl (C=O) groups excluding carboxylic acids is 3. The first-order valence-electron chi connectivity index (χ1n) is 13.2. The molecule has 3 fully saturated rings. The third-order valence-electron chi connectivity index (χ3n) is 7.67. The van der Waals surface area contributed by atoms with Gasteiger partial charge in [0.25, 0.3) is 0 Å². The molecule has 1 aromatic carbocycles. The molecule has 8 heteroatoms. The van der Waals surface area contributed by atoms with E-state index in [4.69, 9.17) is 9.47 Å². The van der Waals surface area contributed by atoms with Crippen LogP contribution in [-0.4, -0.2) is 77.2 Å². The van der Waals surface area contributed by atoms with Gasteiger partial charge in [-0.1, -0.05) is 54.1 Å². The minimum absolute atomic E-state index is 0.188. The molecule has 0 radical (unpaired) electrons. The normalized spacial score (nSPS) is 25.2. The molecule has 8 nitrogen and oxygen atoms in total. The fourth-order valence-electron chi connectivity index (χ4n) is 6.00. The molecule has 1 aromatic rings. The van der Waals surface area contributed by atoms with Gasteiger partial charge in [-0.15, -0.1) is 0 Å². The predicted molar refractivity (Wildman–Crippen MR) is 139 cm³/mol. The summed E-state index contributed by atoms with van der Waals surface area (Å²) in [6.45, 7) is 8.56. The van der Waals surface area contributed by atoms with E-state index >= 15 is 0 Å². The van der Waals surface area contributed by atoms with Gasteiger partial charge in [-0.2, -0.15) is 0 Å². The second kappa shape index (κ2) is 9.97. The highest BCUT2D eigenvalue weighted by atomic mass is 16.6. The van der Waals surface area contributed by atoms with Crippen LogP contribution in [0.25, 0.3) is 0 Å². The van der Waals surface area contributed by atoms with Crippen molar-refractivity contribution in [1.82, 2.24) is 14.7 Å². The van der Waals surface area contributed by atoms with Crippen LogP contribution in [0.15, 0.2) is 54.1 Å². The third kappa shape index (κ3) is 5.44. The van der Waals surface area contributed by atoms with Gasteiger partial charge in [0.1, 0.15) is 12.2 Å². The Kier molecular flexibility index (Phi) is 6.88. The van der Waals surface area contributed by atoms with Crippen molar-refractivity contribution in [2.45, 2.75) is 58.2 Å². The first-order valence-corrected chi connectivity index (χ1v) is 13.2. The molecule has 4 aliphatic rings. The van der Waals surface area contributed by atoms with Crippen LogP contribution in [0.5, 0.6) is 0 Å². The molecule has 0 N–H and O–H groups in total. The van der Waals surface area contributed by atoms with Crippen LogP contribution in [0.2, 0.25) is 0 Å². The smallest absolute Gasteiger partial charge is 0.416 e. The van der Waals surface area contributed by atoms with E-state index in [1.54, 1.807) is 4.90 Å². The number of rotatable bonds is 5. The van der Waals surface area contributed by atoms with Crippen LogP contribution in [0.3, 0.4) is 0 Å². The Morgan fingerprint density at radius 3 is 2.54 bits per heavy atom. The summed E-state index contributed by atoms with van der Waals surface area (Å²) in [6.07, 6.45) is 8.06. The zero-order valence-corrected chi connectivity index (χ0v) is 22.0. The van der Waals surface area contributed by atoms with Gasteiger partial charge in [-0.25, -0.2) is 14.5 Å². The second-order valence-electron chi connectivity index (χ2n) is 11.8. The van der Waals surface area contributed by atoms with E-state index in [1.807, 2.05) is 39.0 Å². The van der Waals surface area contributed by atoms with Gasteiger partial charge < -0.3 is 14.4 Å². The maximum Gasteiger partial charge on any atom is 0.416 e. The van der Waals surface area contributed by atoms with Crippen LogP contribution in [0.1, 0.15) is 45.6 Å². The van der Waals surface area contributed by atoms with E-state index in [0.717, 1.165) is 18.4 Å². The van der Waals surface area contributed by atoms with Gasteiger partial charge >= 0.3 is 12.2 Å². The van der Waals surface area contributed by atoms with E-state index in [2.05, 4.69) is 35.3 Å². The van der Waals surface area contributed by atoms with E-state index in [1.165, 1.54) is 10.5 Å². The minimum atomic E-state index is -0.584. The summed E-state index contributed by atoms with van der Waals surface area (Å²) in [5.41, 5.74) is 1.31. The van der Waals surface area contributed by atoms with Crippen molar-refractivity contribution < 1.29 is 23.9 Å². The monoisotopic (exact) mass is 507 g/mol. The number of likely N-dealkylation sites (tertiary alicyclic amines) is 2. The predicted octanol–water partition coefficient (Wildman–Crippen LogP) is 4.37. The Morgan fingerprint density at radius 2 is 1.86 bits per heavy atom. The second-order valence-corrected chi connectivity index (χ2v) is 11.8. The van der Waals surface area contributed by atoms with Crippen molar-refractivity contribution in [3.63, 3.8) is 0 Å². The molecule has 0 bridgehead atoms. The molecule has 37 heavy (non-hydrogen) atoms. The first kappa shape index (κ1) is 25.5. The summed E-state index contributed by atoms with van der Waals surface area (Å²) in [4.78, 5) is 44.9. The molecule has 5 rings (SSSR count). The molecule has 0 aromatic heterocycles. The number of amides is 3. The average molecular weight is 508 g/mol. The fraction of sp³-hybridized carbons (Fsp3) is 0.552. The third-order valence-corrected chi connectivity index (χ3v) is 7.67. The van der Waals surface area contributed by atoms with Gasteiger partial charge in [0.15, 0.2) is 0 Å². The maximum atomic E-state index is 14.0. The van der Waals surface area contributed by atoms with Gasteiger partial charge in [0.2, 0.25) is 5.91 Å². The Bertz CT molecular complexity index is 1100. The number of allylic oxidation sites excluding steroid dienone is 3. The minimum Gasteiger partial charge on any atom is -0.447 e. The Morgan fingerprint density at radius 1 is 1.11 bits per heavy atom. The van der Waals surface area contributed by atoms with Crippen molar-refractivity contribution in [3.8, 4) is 0 Å². The van der Waals surface area contributed by atoms with E-state index in [0.29, 0.717) is 39.1 Å². The molecular formula is C29H37N3O5. The lowest BCUT2D eigenvalue weighted by molar-refractivity contribution is -0.141. The lowest BCUT2D eigenvalue weighted by Gasteiger charge is -2.50. The topological polar surface area (TPSA) is 79.4 Å². The van der Waals surface area contributed by atoms with E-state index < -0.39 is 23.0 Å². The van der Waals surface area contributed by atoms with Crippen molar-refractivity contribution >= 4 is 18.1 Å². The van der Waals surface area contributed by atoms with E-state index in [-0.39, 0.29) is 24.6 Å². The summed E-state index contributed by atoms with van der Waals surface area (Å²) in [7, 11) is 0. The number of benzene rings is 1. The summed E-state index contributed by atoms with van der Waals surface area (Å²) < 4.78 is 10.9. The number of ether oxygens (including phenoxy) is 2. The number of hydrogen-bond acceptors (Lipinski definition) is 6. The van der Waals surface area contributed by atoms with Crippen molar-refractivity contribution in [3.05, 3.63) is 59.7 Å². The maximum absolute atomic E-state index is 14.0. The molecule has 0 saturated carbocycles. The summed E-state index contributed by atoms with van der Waals surface area (Å²) in [5, 5.41) is 0. The highest BCUT2D eigenvalue weighted by Gasteiger charge is 2.60. The molecule has 3 amide bonds. The SMILES string of the molecule is CC(C)(C)OC(=O)N1CC2(CN(Cc3ccccc3)CC2C(=O)N2C(=O)OC[C@@H]2CC2=CCCC=C2)C1. The van der Waals surface area contributed by atoms with Gasteiger partial charge in [0.05, 0.1) is 12.0 Å². The fourth-order valence-corrected chi connectivity index (χ4v) is 6.00. The summed E-state index contributed by atoms with van der Waals surface area (Å²) >= 11 is 0. The van der Waals surface area contributed by atoms with Crippen LogP contribution in [-0.2, 0) is 20.8 Å².